The second-order valence-electron chi connectivity index (χ2n) is 7.02. The lowest BCUT2D eigenvalue weighted by molar-refractivity contribution is -0.116. The molecule has 0 saturated carbocycles. The molecule has 26 heavy (non-hydrogen) atoms. The van der Waals surface area contributed by atoms with E-state index in [0.29, 0.717) is 24.4 Å². The molecule has 0 aromatic heterocycles. The average molecular weight is 370 g/mol. The van der Waals surface area contributed by atoms with E-state index >= 15 is 0 Å². The Bertz CT molecular complexity index is 998. The predicted octanol–water partition coefficient (Wildman–Crippen LogP) is 3.05. The van der Waals surface area contributed by atoms with Crippen molar-refractivity contribution in [3.05, 3.63) is 53.1 Å². The van der Waals surface area contributed by atoms with E-state index in [1.54, 1.807) is 23.1 Å². The molecule has 2 aromatic rings. The van der Waals surface area contributed by atoms with E-state index in [1.165, 1.54) is 11.2 Å². The highest BCUT2D eigenvalue weighted by molar-refractivity contribution is 7.92. The Labute approximate surface area is 154 Å². The fourth-order valence-corrected chi connectivity index (χ4v) is 5.53. The Hall–Kier alpha value is -2.34. The molecule has 0 saturated heterocycles. The van der Waals surface area contributed by atoms with Crippen LogP contribution in [0, 0.1) is 6.92 Å². The summed E-state index contributed by atoms with van der Waals surface area (Å²) in [6.07, 6.45) is 2.41. The Kier molecular flexibility index (Phi) is 4.03. The van der Waals surface area contributed by atoms with Gasteiger partial charge in [0.2, 0.25) is 5.91 Å². The van der Waals surface area contributed by atoms with Crippen molar-refractivity contribution in [2.75, 3.05) is 22.3 Å². The van der Waals surface area contributed by atoms with Crippen LogP contribution in [0.4, 0.5) is 11.4 Å². The lowest BCUT2D eigenvalue weighted by Crippen LogP contribution is -2.35. The minimum absolute atomic E-state index is 0.0142. The number of aryl methyl sites for hydroxylation is 2. The number of hydrogen-bond acceptors (Lipinski definition) is 3. The number of nitrogens with zero attached hydrogens (tertiary/aromatic N) is 2. The van der Waals surface area contributed by atoms with Crippen LogP contribution in [0.5, 0.6) is 0 Å². The van der Waals surface area contributed by atoms with Gasteiger partial charge in [-0.3, -0.25) is 9.10 Å². The highest BCUT2D eigenvalue weighted by Gasteiger charge is 2.31. The standard InChI is InChI=1S/C20H22N2O3S/c1-14-5-7-20-16(12-14)4-3-10-22(20)26(24,25)18-6-8-19-17(13-18)9-11-21(19)15(2)23/h5-8,12-13H,3-4,9-11H2,1-2H3. The van der Waals surface area contributed by atoms with Crippen molar-refractivity contribution in [2.24, 2.45) is 0 Å². The van der Waals surface area contributed by atoms with Gasteiger partial charge in [0.15, 0.2) is 0 Å². The van der Waals surface area contributed by atoms with Crippen molar-refractivity contribution in [3.8, 4) is 0 Å². The first-order chi connectivity index (χ1) is 12.4. The van der Waals surface area contributed by atoms with Gasteiger partial charge in [0.25, 0.3) is 10.0 Å². The van der Waals surface area contributed by atoms with Crippen LogP contribution in [-0.4, -0.2) is 27.4 Å². The maximum Gasteiger partial charge on any atom is 0.264 e. The molecule has 4 rings (SSSR count). The molecule has 0 fully saturated rings. The SMILES string of the molecule is CC(=O)N1CCc2cc(S(=O)(=O)N3CCCc4cc(C)ccc43)ccc21. The summed E-state index contributed by atoms with van der Waals surface area (Å²) in [6.45, 7) is 4.66. The zero-order valence-corrected chi connectivity index (χ0v) is 15.8. The average Bonchev–Trinajstić information content (AvgIpc) is 3.04. The summed E-state index contributed by atoms with van der Waals surface area (Å²) in [4.78, 5) is 13.7. The van der Waals surface area contributed by atoms with Crippen molar-refractivity contribution in [1.82, 2.24) is 0 Å². The first-order valence-electron chi connectivity index (χ1n) is 8.91. The van der Waals surface area contributed by atoms with Crippen LogP contribution in [0.1, 0.15) is 30.0 Å². The van der Waals surface area contributed by atoms with E-state index in [-0.39, 0.29) is 5.91 Å². The van der Waals surface area contributed by atoms with Crippen molar-refractivity contribution < 1.29 is 13.2 Å². The van der Waals surface area contributed by atoms with E-state index < -0.39 is 10.0 Å². The molecule has 5 nitrogen and oxygen atoms in total. The van der Waals surface area contributed by atoms with Gasteiger partial charge in [-0.1, -0.05) is 17.7 Å². The number of benzene rings is 2. The number of fused-ring (bicyclic) bond motifs is 2. The lowest BCUT2D eigenvalue weighted by atomic mass is 10.0. The predicted molar refractivity (Wildman–Crippen MR) is 102 cm³/mol. The number of amides is 1. The smallest absolute Gasteiger partial charge is 0.264 e. The number of rotatable bonds is 2. The highest BCUT2D eigenvalue weighted by Crippen LogP contribution is 2.35. The van der Waals surface area contributed by atoms with Crippen LogP contribution in [-0.2, 0) is 27.7 Å². The van der Waals surface area contributed by atoms with Gasteiger partial charge in [0, 0.05) is 25.7 Å². The Morgan fingerprint density at radius 2 is 1.69 bits per heavy atom. The molecule has 0 radical (unpaired) electrons. The maximum atomic E-state index is 13.3. The summed E-state index contributed by atoms with van der Waals surface area (Å²) in [6, 6.07) is 11.1. The van der Waals surface area contributed by atoms with Crippen molar-refractivity contribution in [3.63, 3.8) is 0 Å². The fourth-order valence-electron chi connectivity index (χ4n) is 3.93. The van der Waals surface area contributed by atoms with Crippen LogP contribution >= 0.6 is 0 Å². The third-order valence-electron chi connectivity index (χ3n) is 5.23. The second kappa shape index (κ2) is 6.13. The zero-order valence-electron chi connectivity index (χ0n) is 15.0. The molecule has 0 spiro atoms. The largest absolute Gasteiger partial charge is 0.312 e. The van der Waals surface area contributed by atoms with Gasteiger partial charge < -0.3 is 4.90 Å². The van der Waals surface area contributed by atoms with Crippen LogP contribution in [0.3, 0.4) is 0 Å². The molecule has 6 heteroatoms. The number of carbonyl (C=O) groups excluding carboxylic acids is 1. The van der Waals surface area contributed by atoms with E-state index in [4.69, 9.17) is 0 Å². The molecule has 1 amide bonds. The van der Waals surface area contributed by atoms with Crippen molar-refractivity contribution in [1.29, 1.82) is 0 Å². The fraction of sp³-hybridized carbons (Fsp3) is 0.350. The van der Waals surface area contributed by atoms with Crippen LogP contribution in [0.2, 0.25) is 0 Å². The van der Waals surface area contributed by atoms with Gasteiger partial charge in [-0.25, -0.2) is 8.42 Å². The van der Waals surface area contributed by atoms with Gasteiger partial charge in [0.05, 0.1) is 10.6 Å². The minimum Gasteiger partial charge on any atom is -0.312 e. The molecule has 0 aliphatic carbocycles. The number of hydrogen-bond donors (Lipinski definition) is 0. The molecule has 2 aliphatic rings. The molecule has 136 valence electrons. The number of anilines is 2. The summed E-state index contributed by atoms with van der Waals surface area (Å²) in [7, 11) is -3.62. The Morgan fingerprint density at radius 1 is 0.962 bits per heavy atom. The van der Waals surface area contributed by atoms with Crippen molar-refractivity contribution in [2.45, 2.75) is 38.0 Å². The summed E-state index contributed by atoms with van der Waals surface area (Å²) in [5.74, 6) is -0.0142. The third kappa shape index (κ3) is 2.69. The van der Waals surface area contributed by atoms with Crippen LogP contribution in [0.15, 0.2) is 41.3 Å². The van der Waals surface area contributed by atoms with E-state index in [0.717, 1.165) is 40.9 Å². The molecular formula is C20H22N2O3S. The monoisotopic (exact) mass is 370 g/mol. The minimum atomic E-state index is -3.62. The van der Waals surface area contributed by atoms with Gasteiger partial charge in [-0.15, -0.1) is 0 Å². The van der Waals surface area contributed by atoms with Gasteiger partial charge in [-0.05, 0) is 61.6 Å². The summed E-state index contributed by atoms with van der Waals surface area (Å²) >= 11 is 0. The first-order valence-corrected chi connectivity index (χ1v) is 10.4. The first kappa shape index (κ1) is 17.1. The molecular weight excluding hydrogens is 348 g/mol. The van der Waals surface area contributed by atoms with Gasteiger partial charge in [-0.2, -0.15) is 0 Å². The Balaban J connectivity index is 1.74. The molecule has 0 bridgehead atoms. The third-order valence-corrected chi connectivity index (χ3v) is 7.03. The Morgan fingerprint density at radius 3 is 2.46 bits per heavy atom. The van der Waals surface area contributed by atoms with Crippen molar-refractivity contribution >= 4 is 27.3 Å². The molecule has 2 aliphatic heterocycles. The lowest BCUT2D eigenvalue weighted by Gasteiger charge is -2.31. The number of sulfonamides is 1. The van der Waals surface area contributed by atoms with Crippen LogP contribution < -0.4 is 9.21 Å². The van der Waals surface area contributed by atoms with E-state index in [2.05, 4.69) is 6.07 Å². The normalized spacial score (nSPS) is 16.4. The summed E-state index contributed by atoms with van der Waals surface area (Å²) < 4.78 is 28.1. The quantitative estimate of drug-likeness (QED) is 0.816. The zero-order chi connectivity index (χ0) is 18.5. The maximum absolute atomic E-state index is 13.3. The molecule has 2 aromatic carbocycles. The molecule has 2 heterocycles. The summed E-state index contributed by atoms with van der Waals surface area (Å²) in [5.41, 5.74) is 4.76. The molecule has 0 N–H and O–H groups in total. The van der Waals surface area contributed by atoms with Gasteiger partial charge >= 0.3 is 0 Å². The molecule has 0 unspecified atom stereocenters. The van der Waals surface area contributed by atoms with Gasteiger partial charge in [0.1, 0.15) is 0 Å². The summed E-state index contributed by atoms with van der Waals surface area (Å²) in [5, 5.41) is 0. The topological polar surface area (TPSA) is 57.7 Å². The van der Waals surface area contributed by atoms with E-state index in [1.807, 2.05) is 19.1 Å². The highest BCUT2D eigenvalue weighted by atomic mass is 32.2. The van der Waals surface area contributed by atoms with E-state index in [9.17, 15) is 13.2 Å². The number of carbonyl (C=O) groups is 1. The molecule has 0 atom stereocenters. The second-order valence-corrected chi connectivity index (χ2v) is 8.89. The van der Waals surface area contributed by atoms with Crippen LogP contribution in [0.25, 0.3) is 0 Å².